The first kappa shape index (κ1) is 20.3. The highest BCUT2D eigenvalue weighted by Crippen LogP contribution is 2.18. The first-order valence-corrected chi connectivity index (χ1v) is 10.1. The largest absolute Gasteiger partial charge is 0.497 e. The van der Waals surface area contributed by atoms with Gasteiger partial charge in [0.25, 0.3) is 5.91 Å². The third-order valence-electron chi connectivity index (χ3n) is 5.10. The number of methoxy groups -OCH3 is 1. The van der Waals surface area contributed by atoms with E-state index in [0.717, 1.165) is 16.9 Å². The van der Waals surface area contributed by atoms with Crippen molar-refractivity contribution in [1.82, 2.24) is 14.9 Å². The maximum absolute atomic E-state index is 12.8. The molecule has 1 heterocycles. The summed E-state index contributed by atoms with van der Waals surface area (Å²) in [5.74, 6) is 1.23. The predicted octanol–water partition coefficient (Wildman–Crippen LogP) is 3.90. The minimum atomic E-state index is -0.179. The standard InChI is InChI=1S/C25H23N3O3/c1-31-20-11-7-10-19(16-20)25(30)26-15-14-24-27-21-12-5-6-13-22(21)28(24)17-23(29)18-8-3-2-4-9-18/h2-13,16H,14-15,17H2,1H3,(H,26,30). The van der Waals surface area contributed by atoms with Crippen LogP contribution in [-0.2, 0) is 13.0 Å². The maximum Gasteiger partial charge on any atom is 0.251 e. The average molecular weight is 413 g/mol. The van der Waals surface area contributed by atoms with Crippen LogP contribution in [0.15, 0.2) is 78.9 Å². The van der Waals surface area contributed by atoms with Gasteiger partial charge in [0.2, 0.25) is 0 Å². The van der Waals surface area contributed by atoms with Gasteiger partial charge in [0.15, 0.2) is 5.78 Å². The number of benzene rings is 3. The van der Waals surface area contributed by atoms with Crippen LogP contribution in [0, 0.1) is 0 Å². The first-order chi connectivity index (χ1) is 15.2. The van der Waals surface area contributed by atoms with Gasteiger partial charge in [-0.2, -0.15) is 0 Å². The zero-order valence-corrected chi connectivity index (χ0v) is 17.2. The Hall–Kier alpha value is -3.93. The third-order valence-corrected chi connectivity index (χ3v) is 5.10. The lowest BCUT2D eigenvalue weighted by atomic mass is 10.1. The lowest BCUT2D eigenvalue weighted by Crippen LogP contribution is -2.26. The molecule has 0 atom stereocenters. The Labute approximate surface area is 180 Å². The fraction of sp³-hybridized carbons (Fsp3) is 0.160. The quantitative estimate of drug-likeness (QED) is 0.445. The number of carbonyl (C=O) groups is 2. The Kier molecular flexibility index (Phi) is 6.08. The maximum atomic E-state index is 12.8. The van der Waals surface area contributed by atoms with E-state index in [1.807, 2.05) is 59.2 Å². The molecule has 0 spiro atoms. The van der Waals surface area contributed by atoms with Gasteiger partial charge in [0, 0.05) is 24.1 Å². The summed E-state index contributed by atoms with van der Waals surface area (Å²) in [5.41, 5.74) is 2.93. The van der Waals surface area contributed by atoms with Crippen LogP contribution >= 0.6 is 0 Å². The molecule has 0 bridgehead atoms. The second-order valence-electron chi connectivity index (χ2n) is 7.13. The van der Waals surface area contributed by atoms with Gasteiger partial charge in [0.1, 0.15) is 11.6 Å². The van der Waals surface area contributed by atoms with Crippen molar-refractivity contribution in [3.05, 3.63) is 95.8 Å². The van der Waals surface area contributed by atoms with E-state index in [9.17, 15) is 9.59 Å². The van der Waals surface area contributed by atoms with Crippen LogP contribution < -0.4 is 10.1 Å². The number of amides is 1. The van der Waals surface area contributed by atoms with Crippen LogP contribution in [0.25, 0.3) is 11.0 Å². The smallest absolute Gasteiger partial charge is 0.251 e. The molecule has 0 radical (unpaired) electrons. The molecular formula is C25H23N3O3. The number of rotatable bonds is 8. The Bertz CT molecular complexity index is 1220. The summed E-state index contributed by atoms with van der Waals surface area (Å²) in [5, 5.41) is 2.92. The highest BCUT2D eigenvalue weighted by atomic mass is 16.5. The number of nitrogens with one attached hydrogen (secondary N) is 1. The SMILES string of the molecule is COc1cccc(C(=O)NCCc2nc3ccccc3n2CC(=O)c2ccccc2)c1. The number of imidazole rings is 1. The molecule has 0 aliphatic carbocycles. The van der Waals surface area contributed by atoms with E-state index in [1.54, 1.807) is 31.4 Å². The van der Waals surface area contributed by atoms with Gasteiger partial charge in [-0.15, -0.1) is 0 Å². The van der Waals surface area contributed by atoms with E-state index < -0.39 is 0 Å². The van der Waals surface area contributed by atoms with Gasteiger partial charge in [0.05, 0.1) is 24.7 Å². The first-order valence-electron chi connectivity index (χ1n) is 10.1. The lowest BCUT2D eigenvalue weighted by molar-refractivity contribution is 0.0948. The molecule has 156 valence electrons. The molecule has 3 aromatic carbocycles. The van der Waals surface area contributed by atoms with Gasteiger partial charge in [-0.1, -0.05) is 48.5 Å². The monoisotopic (exact) mass is 413 g/mol. The van der Waals surface area contributed by atoms with Crippen molar-refractivity contribution < 1.29 is 14.3 Å². The number of Topliss-reactive ketones (excluding diaryl/α,β-unsaturated/α-hetero) is 1. The number of nitrogens with zero attached hydrogens (tertiary/aromatic N) is 2. The van der Waals surface area contributed by atoms with Crippen molar-refractivity contribution in [3.63, 3.8) is 0 Å². The highest BCUT2D eigenvalue weighted by Gasteiger charge is 2.15. The fourth-order valence-electron chi connectivity index (χ4n) is 3.51. The number of hydrogen-bond donors (Lipinski definition) is 1. The molecular weight excluding hydrogens is 390 g/mol. The second-order valence-corrected chi connectivity index (χ2v) is 7.13. The molecule has 6 nitrogen and oxygen atoms in total. The van der Waals surface area contributed by atoms with Gasteiger partial charge in [-0.05, 0) is 30.3 Å². The molecule has 31 heavy (non-hydrogen) atoms. The Balaban J connectivity index is 1.50. The van der Waals surface area contributed by atoms with Crippen LogP contribution in [0.2, 0.25) is 0 Å². The predicted molar refractivity (Wildman–Crippen MR) is 120 cm³/mol. The van der Waals surface area contributed by atoms with E-state index in [2.05, 4.69) is 5.32 Å². The molecule has 0 fully saturated rings. The number of ether oxygens (including phenoxy) is 1. The van der Waals surface area contributed by atoms with E-state index >= 15 is 0 Å². The van der Waals surface area contributed by atoms with Crippen molar-refractivity contribution in [2.75, 3.05) is 13.7 Å². The summed E-state index contributed by atoms with van der Waals surface area (Å²) >= 11 is 0. The lowest BCUT2D eigenvalue weighted by Gasteiger charge is -2.10. The summed E-state index contributed by atoms with van der Waals surface area (Å²) in [4.78, 5) is 30.0. The Morgan fingerprint density at radius 2 is 1.68 bits per heavy atom. The minimum Gasteiger partial charge on any atom is -0.497 e. The van der Waals surface area contributed by atoms with Crippen LogP contribution in [-0.4, -0.2) is 34.9 Å². The van der Waals surface area contributed by atoms with Crippen molar-refractivity contribution in [2.24, 2.45) is 0 Å². The molecule has 0 unspecified atom stereocenters. The molecule has 6 heteroatoms. The van der Waals surface area contributed by atoms with Crippen molar-refractivity contribution in [3.8, 4) is 5.75 Å². The van der Waals surface area contributed by atoms with E-state index in [4.69, 9.17) is 9.72 Å². The molecule has 1 N–H and O–H groups in total. The van der Waals surface area contributed by atoms with E-state index in [1.165, 1.54) is 0 Å². The average Bonchev–Trinajstić information content (AvgIpc) is 3.16. The summed E-state index contributed by atoms with van der Waals surface area (Å²) in [6.45, 7) is 0.600. The summed E-state index contributed by atoms with van der Waals surface area (Å²) in [6.07, 6.45) is 0.506. The van der Waals surface area contributed by atoms with E-state index in [0.29, 0.717) is 29.8 Å². The number of carbonyl (C=O) groups excluding carboxylic acids is 2. The van der Waals surface area contributed by atoms with Gasteiger partial charge < -0.3 is 14.6 Å². The van der Waals surface area contributed by atoms with Crippen LogP contribution in [0.5, 0.6) is 5.75 Å². The molecule has 1 amide bonds. The molecule has 0 aliphatic heterocycles. The summed E-state index contributed by atoms with van der Waals surface area (Å²) < 4.78 is 7.11. The molecule has 1 aromatic heterocycles. The van der Waals surface area contributed by atoms with Gasteiger partial charge in [-0.25, -0.2) is 4.98 Å². The van der Waals surface area contributed by atoms with Crippen LogP contribution in [0.4, 0.5) is 0 Å². The third kappa shape index (κ3) is 4.64. The second kappa shape index (κ2) is 9.26. The highest BCUT2D eigenvalue weighted by molar-refractivity contribution is 5.96. The normalized spacial score (nSPS) is 10.7. The number of aromatic nitrogens is 2. The molecule has 4 aromatic rings. The van der Waals surface area contributed by atoms with Crippen molar-refractivity contribution in [2.45, 2.75) is 13.0 Å². The number of fused-ring (bicyclic) bond motifs is 1. The topological polar surface area (TPSA) is 73.2 Å². The molecule has 4 rings (SSSR count). The van der Waals surface area contributed by atoms with Crippen LogP contribution in [0.3, 0.4) is 0 Å². The molecule has 0 saturated heterocycles. The fourth-order valence-corrected chi connectivity index (χ4v) is 3.51. The van der Waals surface area contributed by atoms with Gasteiger partial charge in [-0.3, -0.25) is 9.59 Å². The van der Waals surface area contributed by atoms with Crippen LogP contribution in [0.1, 0.15) is 26.5 Å². The zero-order chi connectivity index (χ0) is 21.6. The number of ketones is 1. The molecule has 0 saturated carbocycles. The van der Waals surface area contributed by atoms with E-state index in [-0.39, 0.29) is 18.2 Å². The van der Waals surface area contributed by atoms with Crippen molar-refractivity contribution in [1.29, 1.82) is 0 Å². The molecule has 0 aliphatic rings. The summed E-state index contributed by atoms with van der Waals surface area (Å²) in [6, 6.07) is 24.0. The number of para-hydroxylation sites is 2. The minimum absolute atomic E-state index is 0.0189. The van der Waals surface area contributed by atoms with Crippen molar-refractivity contribution >= 4 is 22.7 Å². The Morgan fingerprint density at radius 3 is 2.48 bits per heavy atom. The summed E-state index contributed by atoms with van der Waals surface area (Å²) in [7, 11) is 1.57. The number of hydrogen-bond acceptors (Lipinski definition) is 4. The Morgan fingerprint density at radius 1 is 0.935 bits per heavy atom. The zero-order valence-electron chi connectivity index (χ0n) is 17.2. The van der Waals surface area contributed by atoms with Gasteiger partial charge >= 0.3 is 0 Å².